The van der Waals surface area contributed by atoms with Gasteiger partial charge in [0.05, 0.1) is 10.9 Å². The summed E-state index contributed by atoms with van der Waals surface area (Å²) in [6.45, 7) is 1.76. The molecule has 2 aromatic heterocycles. The molecular weight excluding hydrogens is 218 g/mol. The lowest BCUT2D eigenvalue weighted by Gasteiger charge is -2.06. The smallest absolute Gasteiger partial charge is 0.268 e. The Morgan fingerprint density at radius 3 is 2.88 bits per heavy atom. The van der Waals surface area contributed by atoms with Crippen LogP contribution in [0.3, 0.4) is 0 Å². The minimum atomic E-state index is -0.148. The maximum absolute atomic E-state index is 12.3. The predicted octanol–water partition coefficient (Wildman–Crippen LogP) is 0.812. The average Bonchev–Trinajstić information content (AvgIpc) is 2.83. The van der Waals surface area contributed by atoms with Gasteiger partial charge in [-0.2, -0.15) is 10.1 Å². The number of nitrogens with one attached hydrogen (secondary N) is 1. The highest BCUT2D eigenvalue weighted by Crippen LogP contribution is 2.08. The van der Waals surface area contributed by atoms with Crippen molar-refractivity contribution in [3.8, 4) is 5.95 Å². The van der Waals surface area contributed by atoms with E-state index >= 15 is 0 Å². The first-order chi connectivity index (χ1) is 8.27. The Morgan fingerprint density at radius 2 is 2.12 bits per heavy atom. The van der Waals surface area contributed by atoms with Crippen molar-refractivity contribution in [2.75, 3.05) is 0 Å². The molecule has 84 valence electrons. The summed E-state index contributed by atoms with van der Waals surface area (Å²) in [5.41, 5.74) is 0.538. The van der Waals surface area contributed by atoms with Crippen molar-refractivity contribution in [3.63, 3.8) is 0 Å². The molecule has 0 unspecified atom stereocenters. The Balaban J connectivity index is 2.44. The number of benzene rings is 1. The number of fused-ring (bicyclic) bond motifs is 1. The van der Waals surface area contributed by atoms with E-state index in [2.05, 4.69) is 20.2 Å². The van der Waals surface area contributed by atoms with Crippen molar-refractivity contribution in [2.45, 2.75) is 6.92 Å². The molecule has 1 N–H and O–H groups in total. The lowest BCUT2D eigenvalue weighted by Crippen LogP contribution is -2.23. The fraction of sp³-hybridized carbons (Fsp3) is 0.0909. The molecule has 0 spiro atoms. The number of aromatic amines is 1. The van der Waals surface area contributed by atoms with Gasteiger partial charge in [-0.25, -0.2) is 14.6 Å². The van der Waals surface area contributed by atoms with Crippen LogP contribution in [0.5, 0.6) is 0 Å². The molecule has 0 aliphatic heterocycles. The Hall–Kier alpha value is -2.50. The SMILES string of the molecule is Cc1nc2ccccc2c(=O)n1-c1ncn[nH]1. The number of para-hydroxylation sites is 1. The maximum Gasteiger partial charge on any atom is 0.268 e. The van der Waals surface area contributed by atoms with Gasteiger partial charge in [-0.15, -0.1) is 0 Å². The van der Waals surface area contributed by atoms with E-state index in [1.165, 1.54) is 10.9 Å². The molecule has 1 aromatic carbocycles. The van der Waals surface area contributed by atoms with Crippen LogP contribution in [-0.2, 0) is 0 Å². The van der Waals surface area contributed by atoms with Crippen LogP contribution in [0, 0.1) is 6.92 Å². The Kier molecular flexibility index (Phi) is 2.01. The van der Waals surface area contributed by atoms with E-state index in [9.17, 15) is 4.79 Å². The summed E-state index contributed by atoms with van der Waals surface area (Å²) in [7, 11) is 0. The summed E-state index contributed by atoms with van der Waals surface area (Å²) in [6.07, 6.45) is 1.36. The zero-order chi connectivity index (χ0) is 11.8. The second-order valence-corrected chi connectivity index (χ2v) is 3.63. The zero-order valence-electron chi connectivity index (χ0n) is 9.08. The van der Waals surface area contributed by atoms with Gasteiger partial charge >= 0.3 is 0 Å². The first kappa shape index (κ1) is 9.71. The zero-order valence-corrected chi connectivity index (χ0v) is 9.08. The molecule has 0 saturated carbocycles. The second-order valence-electron chi connectivity index (χ2n) is 3.63. The van der Waals surface area contributed by atoms with Crippen molar-refractivity contribution in [1.29, 1.82) is 0 Å². The van der Waals surface area contributed by atoms with Crippen molar-refractivity contribution < 1.29 is 0 Å². The van der Waals surface area contributed by atoms with Crippen LogP contribution >= 0.6 is 0 Å². The third-order valence-electron chi connectivity index (χ3n) is 2.56. The van der Waals surface area contributed by atoms with Crippen LogP contribution in [-0.4, -0.2) is 24.7 Å². The molecule has 0 saturated heterocycles. The van der Waals surface area contributed by atoms with Gasteiger partial charge in [0.1, 0.15) is 12.2 Å². The molecule has 2 heterocycles. The van der Waals surface area contributed by atoms with Gasteiger partial charge in [0, 0.05) is 0 Å². The van der Waals surface area contributed by atoms with Crippen molar-refractivity contribution >= 4 is 10.9 Å². The van der Waals surface area contributed by atoms with E-state index in [0.717, 1.165) is 0 Å². The minimum absolute atomic E-state index is 0.148. The third kappa shape index (κ3) is 1.42. The average molecular weight is 227 g/mol. The molecular formula is C11H9N5O. The van der Waals surface area contributed by atoms with Crippen LogP contribution < -0.4 is 5.56 Å². The summed E-state index contributed by atoms with van der Waals surface area (Å²) in [5.74, 6) is 0.955. The van der Waals surface area contributed by atoms with Crippen LogP contribution in [0.1, 0.15) is 5.82 Å². The van der Waals surface area contributed by atoms with Gasteiger partial charge in [-0.1, -0.05) is 12.1 Å². The van der Waals surface area contributed by atoms with Gasteiger partial charge in [-0.3, -0.25) is 4.79 Å². The molecule has 6 heteroatoms. The van der Waals surface area contributed by atoms with Crippen LogP contribution in [0.15, 0.2) is 35.4 Å². The fourth-order valence-electron chi connectivity index (χ4n) is 1.80. The van der Waals surface area contributed by atoms with Crippen molar-refractivity contribution in [3.05, 3.63) is 46.8 Å². The van der Waals surface area contributed by atoms with Gasteiger partial charge in [0.2, 0.25) is 5.95 Å². The van der Waals surface area contributed by atoms with Gasteiger partial charge in [-0.05, 0) is 19.1 Å². The fourth-order valence-corrected chi connectivity index (χ4v) is 1.80. The quantitative estimate of drug-likeness (QED) is 0.667. The molecule has 17 heavy (non-hydrogen) atoms. The summed E-state index contributed by atoms with van der Waals surface area (Å²) >= 11 is 0. The molecule has 6 nitrogen and oxygen atoms in total. The van der Waals surface area contributed by atoms with Gasteiger partial charge < -0.3 is 0 Å². The van der Waals surface area contributed by atoms with Crippen LogP contribution in [0.2, 0.25) is 0 Å². The molecule has 3 rings (SSSR count). The minimum Gasteiger partial charge on any atom is -0.268 e. The standard InChI is InChI=1S/C11H9N5O/c1-7-14-9-5-3-2-4-8(9)10(17)16(7)11-12-6-13-15-11/h2-6H,1H3,(H,12,13,15). The second kappa shape index (κ2) is 3.51. The number of hydrogen-bond donors (Lipinski definition) is 1. The number of hydrogen-bond acceptors (Lipinski definition) is 4. The predicted molar refractivity (Wildman–Crippen MR) is 62.0 cm³/mol. The molecule has 0 bridgehead atoms. The molecule has 0 aliphatic carbocycles. The highest BCUT2D eigenvalue weighted by atomic mass is 16.1. The summed E-state index contributed by atoms with van der Waals surface area (Å²) in [4.78, 5) is 20.6. The van der Waals surface area contributed by atoms with E-state index in [0.29, 0.717) is 22.7 Å². The summed E-state index contributed by atoms with van der Waals surface area (Å²) in [5, 5.41) is 6.96. The largest absolute Gasteiger partial charge is 0.268 e. The highest BCUT2D eigenvalue weighted by Gasteiger charge is 2.10. The number of H-pyrrole nitrogens is 1. The van der Waals surface area contributed by atoms with Crippen molar-refractivity contribution in [1.82, 2.24) is 24.7 Å². The molecule has 3 aromatic rings. The molecule has 0 amide bonds. The first-order valence-electron chi connectivity index (χ1n) is 5.11. The molecule has 0 aliphatic rings. The van der Waals surface area contributed by atoms with Gasteiger partial charge in [0.25, 0.3) is 5.56 Å². The van der Waals surface area contributed by atoms with Crippen LogP contribution in [0.4, 0.5) is 0 Å². The summed E-state index contributed by atoms with van der Waals surface area (Å²) in [6, 6.07) is 7.23. The normalized spacial score (nSPS) is 10.9. The van der Waals surface area contributed by atoms with Crippen LogP contribution in [0.25, 0.3) is 16.9 Å². The Morgan fingerprint density at radius 1 is 1.29 bits per heavy atom. The molecule has 0 fully saturated rings. The lowest BCUT2D eigenvalue weighted by atomic mass is 10.2. The molecule has 0 radical (unpaired) electrons. The Labute approximate surface area is 96.0 Å². The topological polar surface area (TPSA) is 76.5 Å². The van der Waals surface area contributed by atoms with E-state index in [1.807, 2.05) is 18.2 Å². The van der Waals surface area contributed by atoms with Crippen molar-refractivity contribution in [2.24, 2.45) is 0 Å². The van der Waals surface area contributed by atoms with E-state index in [-0.39, 0.29) is 5.56 Å². The number of rotatable bonds is 1. The van der Waals surface area contributed by atoms with E-state index < -0.39 is 0 Å². The summed E-state index contributed by atoms with van der Waals surface area (Å²) < 4.78 is 1.41. The number of aryl methyl sites for hydroxylation is 1. The Bertz CT molecular complexity index is 729. The highest BCUT2D eigenvalue weighted by molar-refractivity contribution is 5.77. The maximum atomic E-state index is 12.3. The monoisotopic (exact) mass is 227 g/mol. The molecule has 0 atom stereocenters. The number of aromatic nitrogens is 5. The number of nitrogens with zero attached hydrogens (tertiary/aromatic N) is 4. The van der Waals surface area contributed by atoms with E-state index in [4.69, 9.17) is 0 Å². The van der Waals surface area contributed by atoms with E-state index in [1.54, 1.807) is 13.0 Å². The lowest BCUT2D eigenvalue weighted by molar-refractivity contribution is 0.832. The third-order valence-corrected chi connectivity index (χ3v) is 2.56. The van der Waals surface area contributed by atoms with Gasteiger partial charge in [0.15, 0.2) is 0 Å². The first-order valence-corrected chi connectivity index (χ1v) is 5.11.